The predicted molar refractivity (Wildman–Crippen MR) is 86.9 cm³/mol. The largest absolute Gasteiger partial charge is 0.349 e. The zero-order chi connectivity index (χ0) is 14.1. The monoisotopic (exact) mass is 400 g/mol. The highest BCUT2D eigenvalue weighted by Crippen LogP contribution is 2.29. The Morgan fingerprint density at radius 2 is 1.85 bits per heavy atom. The SMILES string of the molecule is O=C(NC1CCN(C2CC2)CC1)c1cc(Br)ccc1Br. The van der Waals surface area contributed by atoms with Gasteiger partial charge in [-0.3, -0.25) is 4.79 Å². The number of piperidine rings is 1. The van der Waals surface area contributed by atoms with E-state index in [-0.39, 0.29) is 5.91 Å². The van der Waals surface area contributed by atoms with Gasteiger partial charge in [0.1, 0.15) is 0 Å². The molecule has 0 unspecified atom stereocenters. The minimum atomic E-state index is 0.0167. The molecule has 20 heavy (non-hydrogen) atoms. The first kappa shape index (κ1) is 14.5. The van der Waals surface area contributed by atoms with Gasteiger partial charge in [-0.05, 0) is 59.8 Å². The fraction of sp³-hybridized carbons (Fsp3) is 0.533. The summed E-state index contributed by atoms with van der Waals surface area (Å²) in [5.41, 5.74) is 0.698. The van der Waals surface area contributed by atoms with Crippen LogP contribution in [-0.4, -0.2) is 36.0 Å². The van der Waals surface area contributed by atoms with Gasteiger partial charge in [-0.15, -0.1) is 0 Å². The maximum atomic E-state index is 12.3. The number of hydrogen-bond donors (Lipinski definition) is 1. The number of benzene rings is 1. The van der Waals surface area contributed by atoms with Crippen molar-refractivity contribution in [3.63, 3.8) is 0 Å². The lowest BCUT2D eigenvalue weighted by atomic mass is 10.0. The molecule has 0 bridgehead atoms. The van der Waals surface area contributed by atoms with Crippen LogP contribution in [0.15, 0.2) is 27.1 Å². The summed E-state index contributed by atoms with van der Waals surface area (Å²) in [4.78, 5) is 14.9. The van der Waals surface area contributed by atoms with Crippen LogP contribution in [-0.2, 0) is 0 Å². The molecule has 1 saturated heterocycles. The summed E-state index contributed by atoms with van der Waals surface area (Å²) >= 11 is 6.86. The van der Waals surface area contributed by atoms with Crippen LogP contribution in [0.25, 0.3) is 0 Å². The summed E-state index contributed by atoms with van der Waals surface area (Å²) in [5, 5.41) is 3.17. The predicted octanol–water partition coefficient (Wildman–Crippen LogP) is 3.57. The summed E-state index contributed by atoms with van der Waals surface area (Å²) in [6.07, 6.45) is 4.85. The smallest absolute Gasteiger partial charge is 0.252 e. The Bertz CT molecular complexity index is 509. The Kier molecular flexibility index (Phi) is 4.48. The van der Waals surface area contributed by atoms with E-state index in [4.69, 9.17) is 0 Å². The third-order valence-electron chi connectivity index (χ3n) is 4.10. The molecule has 3 rings (SSSR count). The Hall–Kier alpha value is -0.390. The fourth-order valence-electron chi connectivity index (χ4n) is 2.78. The number of halogens is 2. The molecule has 1 aliphatic heterocycles. The van der Waals surface area contributed by atoms with E-state index >= 15 is 0 Å². The topological polar surface area (TPSA) is 32.3 Å². The molecule has 5 heteroatoms. The number of rotatable bonds is 3. The van der Waals surface area contributed by atoms with Crippen molar-refractivity contribution >= 4 is 37.8 Å². The van der Waals surface area contributed by atoms with Crippen LogP contribution in [0.5, 0.6) is 0 Å². The highest BCUT2D eigenvalue weighted by molar-refractivity contribution is 9.11. The van der Waals surface area contributed by atoms with E-state index in [1.54, 1.807) is 0 Å². The van der Waals surface area contributed by atoms with Gasteiger partial charge >= 0.3 is 0 Å². The van der Waals surface area contributed by atoms with E-state index in [1.165, 1.54) is 12.8 Å². The second kappa shape index (κ2) is 6.16. The van der Waals surface area contributed by atoms with Gasteiger partial charge in [-0.2, -0.15) is 0 Å². The molecule has 0 spiro atoms. The van der Waals surface area contributed by atoms with Crippen molar-refractivity contribution < 1.29 is 4.79 Å². The number of nitrogens with one attached hydrogen (secondary N) is 1. The van der Waals surface area contributed by atoms with Crippen molar-refractivity contribution in [2.24, 2.45) is 0 Å². The fourth-order valence-corrected chi connectivity index (χ4v) is 3.57. The van der Waals surface area contributed by atoms with Gasteiger partial charge in [0.05, 0.1) is 5.56 Å². The minimum Gasteiger partial charge on any atom is -0.349 e. The molecule has 1 N–H and O–H groups in total. The van der Waals surface area contributed by atoms with Gasteiger partial charge < -0.3 is 10.2 Å². The van der Waals surface area contributed by atoms with E-state index in [1.807, 2.05) is 18.2 Å². The number of hydrogen-bond acceptors (Lipinski definition) is 2. The van der Waals surface area contributed by atoms with Crippen molar-refractivity contribution in [3.05, 3.63) is 32.7 Å². The van der Waals surface area contributed by atoms with Gasteiger partial charge in [0.15, 0.2) is 0 Å². The Labute approximate surface area is 136 Å². The van der Waals surface area contributed by atoms with E-state index in [0.29, 0.717) is 11.6 Å². The van der Waals surface area contributed by atoms with Crippen LogP contribution in [0.3, 0.4) is 0 Å². The van der Waals surface area contributed by atoms with Crippen LogP contribution in [0.1, 0.15) is 36.0 Å². The summed E-state index contributed by atoms with van der Waals surface area (Å²) in [7, 11) is 0. The van der Waals surface area contributed by atoms with Crippen molar-refractivity contribution in [2.45, 2.75) is 37.8 Å². The average Bonchev–Trinajstić information content (AvgIpc) is 3.27. The molecule has 0 atom stereocenters. The second-order valence-corrected chi connectivity index (χ2v) is 7.41. The standard InChI is InChI=1S/C15H18Br2N2O/c16-10-1-4-14(17)13(9-10)15(20)18-11-5-7-19(8-6-11)12-2-3-12/h1,4,9,11-12H,2-3,5-8H2,(H,18,20). The van der Waals surface area contributed by atoms with E-state index in [0.717, 1.165) is 40.9 Å². The van der Waals surface area contributed by atoms with Gasteiger partial charge in [0.25, 0.3) is 5.91 Å². The number of nitrogens with zero attached hydrogens (tertiary/aromatic N) is 1. The first-order valence-corrected chi connectivity index (χ1v) is 8.72. The highest BCUT2D eigenvalue weighted by atomic mass is 79.9. The maximum Gasteiger partial charge on any atom is 0.252 e. The van der Waals surface area contributed by atoms with Gasteiger partial charge in [-0.25, -0.2) is 0 Å². The van der Waals surface area contributed by atoms with Crippen LogP contribution in [0.2, 0.25) is 0 Å². The van der Waals surface area contributed by atoms with Gasteiger partial charge in [0.2, 0.25) is 0 Å². The third kappa shape index (κ3) is 3.43. The highest BCUT2D eigenvalue weighted by Gasteiger charge is 2.32. The lowest BCUT2D eigenvalue weighted by molar-refractivity contribution is 0.0908. The zero-order valence-corrected chi connectivity index (χ0v) is 14.4. The molecule has 1 aromatic carbocycles. The summed E-state index contributed by atoms with van der Waals surface area (Å²) < 4.78 is 1.77. The van der Waals surface area contributed by atoms with E-state index < -0.39 is 0 Å². The van der Waals surface area contributed by atoms with Crippen molar-refractivity contribution in [2.75, 3.05) is 13.1 Å². The van der Waals surface area contributed by atoms with Gasteiger partial charge in [0, 0.05) is 34.1 Å². The average molecular weight is 402 g/mol. The molecule has 1 amide bonds. The second-order valence-electron chi connectivity index (χ2n) is 5.64. The summed E-state index contributed by atoms with van der Waals surface area (Å²) in [6.45, 7) is 2.24. The van der Waals surface area contributed by atoms with E-state index in [2.05, 4.69) is 42.1 Å². The van der Waals surface area contributed by atoms with E-state index in [9.17, 15) is 4.79 Å². The molecule has 0 radical (unpaired) electrons. The zero-order valence-electron chi connectivity index (χ0n) is 11.2. The molecule has 3 nitrogen and oxygen atoms in total. The van der Waals surface area contributed by atoms with Crippen LogP contribution in [0.4, 0.5) is 0 Å². The number of carbonyl (C=O) groups is 1. The molecule has 1 aliphatic carbocycles. The molecule has 2 aliphatic rings. The quantitative estimate of drug-likeness (QED) is 0.839. The Morgan fingerprint density at radius 1 is 1.15 bits per heavy atom. The van der Waals surface area contributed by atoms with Crippen LogP contribution < -0.4 is 5.32 Å². The van der Waals surface area contributed by atoms with Crippen molar-refractivity contribution in [1.29, 1.82) is 0 Å². The van der Waals surface area contributed by atoms with Crippen molar-refractivity contribution in [3.8, 4) is 0 Å². The molecule has 1 heterocycles. The number of likely N-dealkylation sites (tertiary alicyclic amines) is 1. The molecule has 0 aromatic heterocycles. The molecule has 108 valence electrons. The van der Waals surface area contributed by atoms with Gasteiger partial charge in [-0.1, -0.05) is 15.9 Å². The molecular weight excluding hydrogens is 384 g/mol. The van der Waals surface area contributed by atoms with Crippen LogP contribution in [0, 0.1) is 0 Å². The molecule has 2 fully saturated rings. The third-order valence-corrected chi connectivity index (χ3v) is 5.29. The Balaban J connectivity index is 1.57. The molecule has 1 saturated carbocycles. The normalized spacial score (nSPS) is 20.9. The number of carbonyl (C=O) groups excluding carboxylic acids is 1. The van der Waals surface area contributed by atoms with Crippen molar-refractivity contribution in [1.82, 2.24) is 10.2 Å². The first-order valence-electron chi connectivity index (χ1n) is 7.13. The Morgan fingerprint density at radius 3 is 2.50 bits per heavy atom. The lowest BCUT2D eigenvalue weighted by Gasteiger charge is -2.32. The minimum absolute atomic E-state index is 0.0167. The lowest BCUT2D eigenvalue weighted by Crippen LogP contribution is -2.45. The maximum absolute atomic E-state index is 12.3. The summed E-state index contributed by atoms with van der Waals surface area (Å²) in [5.74, 6) is 0.0167. The molecule has 1 aromatic rings. The number of amides is 1. The summed E-state index contributed by atoms with van der Waals surface area (Å²) in [6, 6.07) is 6.83. The van der Waals surface area contributed by atoms with Crippen LogP contribution >= 0.6 is 31.9 Å². The molecular formula is C15H18Br2N2O. The first-order chi connectivity index (χ1) is 9.63.